The van der Waals surface area contributed by atoms with Crippen LogP contribution in [-0.2, 0) is 4.79 Å². The molecule has 4 N–H and O–H groups in total. The first-order valence-electron chi connectivity index (χ1n) is 14.7. The molecule has 0 spiro atoms. The van der Waals surface area contributed by atoms with Gasteiger partial charge in [0.05, 0.1) is 18.4 Å². The minimum Gasteiger partial charge on any atom is -0.388 e. The molecule has 2 aromatic carbocycles. The summed E-state index contributed by atoms with van der Waals surface area (Å²) in [6.07, 6.45) is 2.84. The number of hydrogen-bond acceptors (Lipinski definition) is 7. The third-order valence-corrected chi connectivity index (χ3v) is 7.83. The van der Waals surface area contributed by atoms with Gasteiger partial charge in [-0.1, -0.05) is 86.9 Å². The molecule has 0 aliphatic heterocycles. The number of carbonyl (C=O) groups excluding carboxylic acids is 1. The van der Waals surface area contributed by atoms with Gasteiger partial charge in [0, 0.05) is 25.3 Å². The van der Waals surface area contributed by atoms with Crippen molar-refractivity contribution in [3.63, 3.8) is 0 Å². The average Bonchev–Trinajstić information content (AvgIpc) is 3.56. The Morgan fingerprint density at radius 3 is 2.36 bits per heavy atom. The number of aliphatic hydroxyl groups is 2. The molecule has 1 saturated carbocycles. The van der Waals surface area contributed by atoms with Crippen molar-refractivity contribution in [1.82, 2.24) is 24.8 Å². The number of aromatic nitrogens is 4. The predicted octanol–water partition coefficient (Wildman–Crippen LogP) is 4.17. The van der Waals surface area contributed by atoms with Crippen LogP contribution in [0.3, 0.4) is 0 Å². The molecule has 0 radical (unpaired) electrons. The second kappa shape index (κ2) is 13.6. The van der Waals surface area contributed by atoms with Gasteiger partial charge in [0.2, 0.25) is 11.7 Å². The highest BCUT2D eigenvalue weighted by Gasteiger charge is 2.43. The van der Waals surface area contributed by atoms with Crippen LogP contribution in [0.5, 0.6) is 0 Å². The summed E-state index contributed by atoms with van der Waals surface area (Å²) < 4.78 is 1.78. The van der Waals surface area contributed by atoms with Gasteiger partial charge < -0.3 is 25.4 Å². The molecule has 4 atom stereocenters. The van der Waals surface area contributed by atoms with Gasteiger partial charge in [-0.05, 0) is 29.9 Å². The molecule has 1 aliphatic rings. The highest BCUT2D eigenvalue weighted by molar-refractivity contribution is 5.83. The van der Waals surface area contributed by atoms with Crippen LogP contribution in [0.4, 0.5) is 5.82 Å². The molecule has 2 aromatic heterocycles. The van der Waals surface area contributed by atoms with Crippen LogP contribution in [0.25, 0.3) is 11.2 Å². The number of amides is 1. The molecular formula is C33H38N6O3. The Labute approximate surface area is 246 Å². The Balaban J connectivity index is 1.50. The molecule has 2 heterocycles. The summed E-state index contributed by atoms with van der Waals surface area (Å²) in [5.74, 6) is 7.09. The quantitative estimate of drug-likeness (QED) is 0.168. The van der Waals surface area contributed by atoms with Crippen molar-refractivity contribution in [1.29, 1.82) is 0 Å². The van der Waals surface area contributed by atoms with Gasteiger partial charge in [0.15, 0.2) is 17.0 Å². The SMILES string of the molecule is CCCCC#Cc1nc(NCC(c2ccccc2)c2ccccc2)c2ncn(C3C[C@H](NC(=O)CC)[C@@H](O)[C@H]3O)c2n1. The monoisotopic (exact) mass is 566 g/mol. The maximum atomic E-state index is 12.0. The summed E-state index contributed by atoms with van der Waals surface area (Å²) in [5.41, 5.74) is 3.42. The topological polar surface area (TPSA) is 125 Å². The standard InChI is InChI=1S/C33H38N6O3/c1-3-5-6-13-18-27-37-32(34-20-24(22-14-9-7-10-15-22)23-16-11-8-12-17-23)29-33(38-27)39(21-35-29)26-19-25(30(41)31(26)42)36-28(40)4-2/h7-12,14-17,21,24-26,30-31,41-42H,3-6,19-20H2,1-2H3,(H,36,40)(H,34,37,38)/t25-,26?,30+,31-/m0/s1. The van der Waals surface area contributed by atoms with Crippen molar-refractivity contribution >= 4 is 22.9 Å². The number of imidazole rings is 1. The summed E-state index contributed by atoms with van der Waals surface area (Å²) in [7, 11) is 0. The number of aliphatic hydroxyl groups excluding tert-OH is 2. The number of carbonyl (C=O) groups is 1. The minimum absolute atomic E-state index is 0.0633. The van der Waals surface area contributed by atoms with Gasteiger partial charge in [-0.25, -0.2) is 15.0 Å². The largest absolute Gasteiger partial charge is 0.388 e. The fourth-order valence-corrected chi connectivity index (χ4v) is 5.48. The van der Waals surface area contributed by atoms with Gasteiger partial charge >= 0.3 is 0 Å². The zero-order valence-corrected chi connectivity index (χ0v) is 24.1. The molecule has 9 nitrogen and oxygen atoms in total. The van der Waals surface area contributed by atoms with E-state index in [1.165, 1.54) is 11.1 Å². The Bertz CT molecular complexity index is 1510. The number of fused-ring (bicyclic) bond motifs is 1. The highest BCUT2D eigenvalue weighted by atomic mass is 16.3. The average molecular weight is 567 g/mol. The summed E-state index contributed by atoms with van der Waals surface area (Å²) in [6, 6.07) is 19.6. The van der Waals surface area contributed by atoms with Crippen LogP contribution >= 0.6 is 0 Å². The lowest BCUT2D eigenvalue weighted by Crippen LogP contribution is -2.42. The third-order valence-electron chi connectivity index (χ3n) is 7.83. The number of nitrogens with zero attached hydrogens (tertiary/aromatic N) is 4. The molecule has 1 aliphatic carbocycles. The van der Waals surface area contributed by atoms with E-state index < -0.39 is 24.3 Å². The fourth-order valence-electron chi connectivity index (χ4n) is 5.48. The van der Waals surface area contributed by atoms with Crippen molar-refractivity contribution in [2.45, 2.75) is 76.2 Å². The first-order valence-corrected chi connectivity index (χ1v) is 14.7. The molecule has 42 heavy (non-hydrogen) atoms. The van der Waals surface area contributed by atoms with Crippen molar-refractivity contribution in [2.24, 2.45) is 0 Å². The summed E-state index contributed by atoms with van der Waals surface area (Å²) in [6.45, 7) is 4.44. The van der Waals surface area contributed by atoms with Crippen LogP contribution in [0.15, 0.2) is 67.0 Å². The van der Waals surface area contributed by atoms with Crippen LogP contribution in [0, 0.1) is 11.8 Å². The maximum Gasteiger partial charge on any atom is 0.220 e. The smallest absolute Gasteiger partial charge is 0.220 e. The van der Waals surface area contributed by atoms with Crippen LogP contribution in [0.2, 0.25) is 0 Å². The lowest BCUT2D eigenvalue weighted by Gasteiger charge is -2.20. The van der Waals surface area contributed by atoms with E-state index in [1.54, 1.807) is 17.8 Å². The Kier molecular flexibility index (Phi) is 9.47. The van der Waals surface area contributed by atoms with Crippen LogP contribution in [-0.4, -0.2) is 60.4 Å². The molecule has 4 aromatic rings. The van der Waals surface area contributed by atoms with E-state index in [0.717, 1.165) is 19.3 Å². The highest BCUT2D eigenvalue weighted by Crippen LogP contribution is 2.34. The zero-order valence-electron chi connectivity index (χ0n) is 24.1. The second-order valence-electron chi connectivity index (χ2n) is 10.7. The number of anilines is 1. The lowest BCUT2D eigenvalue weighted by atomic mass is 9.91. The second-order valence-corrected chi connectivity index (χ2v) is 10.7. The van der Waals surface area contributed by atoms with Gasteiger partial charge in [-0.2, -0.15) is 0 Å². The molecular weight excluding hydrogens is 528 g/mol. The summed E-state index contributed by atoms with van der Waals surface area (Å²) >= 11 is 0. The van der Waals surface area contributed by atoms with Gasteiger partial charge in [0.1, 0.15) is 12.2 Å². The molecule has 0 bridgehead atoms. The van der Waals surface area contributed by atoms with E-state index in [4.69, 9.17) is 9.97 Å². The fraction of sp³-hybridized carbons (Fsp3) is 0.394. The van der Waals surface area contributed by atoms with Crippen LogP contribution < -0.4 is 10.6 Å². The predicted molar refractivity (Wildman–Crippen MR) is 163 cm³/mol. The molecule has 9 heteroatoms. The third kappa shape index (κ3) is 6.46. The van der Waals surface area contributed by atoms with E-state index in [0.29, 0.717) is 42.2 Å². The van der Waals surface area contributed by atoms with Crippen molar-refractivity contribution in [3.05, 3.63) is 83.9 Å². The number of rotatable bonds is 10. The van der Waals surface area contributed by atoms with E-state index in [-0.39, 0.29) is 11.8 Å². The van der Waals surface area contributed by atoms with Crippen LogP contribution in [0.1, 0.15) is 74.9 Å². The number of unbranched alkanes of at least 4 members (excludes halogenated alkanes) is 2. The number of hydrogen-bond donors (Lipinski definition) is 4. The molecule has 0 saturated heterocycles. The first-order chi connectivity index (χ1) is 20.5. The first kappa shape index (κ1) is 29.2. The van der Waals surface area contributed by atoms with Gasteiger partial charge in [0.25, 0.3) is 0 Å². The van der Waals surface area contributed by atoms with Gasteiger partial charge in [-0.15, -0.1) is 0 Å². The molecule has 1 unspecified atom stereocenters. The molecule has 5 rings (SSSR count). The maximum absolute atomic E-state index is 12.0. The van der Waals surface area contributed by atoms with E-state index in [2.05, 4.69) is 58.6 Å². The lowest BCUT2D eigenvalue weighted by molar-refractivity contribution is -0.122. The minimum atomic E-state index is -1.10. The van der Waals surface area contributed by atoms with E-state index in [9.17, 15) is 15.0 Å². The van der Waals surface area contributed by atoms with Gasteiger partial charge in [-0.3, -0.25) is 4.79 Å². The molecule has 218 valence electrons. The summed E-state index contributed by atoms with van der Waals surface area (Å²) in [5, 5.41) is 28.0. The molecule has 1 amide bonds. The summed E-state index contributed by atoms with van der Waals surface area (Å²) in [4.78, 5) is 26.2. The molecule has 1 fully saturated rings. The van der Waals surface area contributed by atoms with Crippen molar-refractivity contribution < 1.29 is 15.0 Å². The normalized spacial score (nSPS) is 19.9. The van der Waals surface area contributed by atoms with E-state index in [1.807, 2.05) is 36.4 Å². The Morgan fingerprint density at radius 2 is 1.71 bits per heavy atom. The van der Waals surface area contributed by atoms with Crippen molar-refractivity contribution in [3.8, 4) is 11.8 Å². The number of nitrogens with one attached hydrogen (secondary N) is 2. The zero-order chi connectivity index (χ0) is 29.5. The van der Waals surface area contributed by atoms with E-state index >= 15 is 0 Å². The Hall–Kier alpha value is -4.26. The van der Waals surface area contributed by atoms with Crippen molar-refractivity contribution in [2.75, 3.05) is 11.9 Å². The number of benzene rings is 2. The Morgan fingerprint density at radius 1 is 1.02 bits per heavy atom.